The average Bonchev–Trinajstić information content (AvgIpc) is 3.46. The number of hydrogen-bond donors (Lipinski definition) is 0. The maximum Gasteiger partial charge on any atom is 0.238 e. The van der Waals surface area contributed by atoms with Crippen LogP contribution < -0.4 is 4.90 Å². The molecule has 4 unspecified atom stereocenters. The van der Waals surface area contributed by atoms with E-state index in [2.05, 4.69) is 97.1 Å². The van der Waals surface area contributed by atoms with Crippen LogP contribution in [0.4, 0.5) is 5.69 Å². The fraction of sp³-hybridized carbons (Fsp3) is 0.200. The Labute approximate surface area is 213 Å². The number of aryl methyl sites for hydroxylation is 2. The minimum Gasteiger partial charge on any atom is -0.274 e. The lowest BCUT2D eigenvalue weighted by molar-refractivity contribution is -0.122. The molecule has 1 aliphatic heterocycles. The fourth-order valence-corrected chi connectivity index (χ4v) is 6.54. The van der Waals surface area contributed by atoms with Gasteiger partial charge in [0.1, 0.15) is 0 Å². The Balaban J connectivity index is 1.50. The van der Waals surface area contributed by atoms with Crippen LogP contribution in [0.1, 0.15) is 22.3 Å². The number of para-hydroxylation sites is 1. The Bertz CT molecular complexity index is 1300. The molecule has 4 atom stereocenters. The van der Waals surface area contributed by atoms with E-state index in [0.717, 1.165) is 20.3 Å². The molecule has 168 valence electrons. The molecule has 1 saturated heterocycles. The molecule has 1 saturated carbocycles. The zero-order chi connectivity index (χ0) is 23.6. The summed E-state index contributed by atoms with van der Waals surface area (Å²) in [6, 6.07) is 24.8. The Morgan fingerprint density at radius 2 is 1.18 bits per heavy atom. The van der Waals surface area contributed by atoms with Crippen molar-refractivity contribution in [2.45, 2.75) is 13.8 Å². The molecule has 34 heavy (non-hydrogen) atoms. The number of benzene rings is 3. The van der Waals surface area contributed by atoms with Gasteiger partial charge in [-0.25, -0.2) is 4.90 Å². The van der Waals surface area contributed by atoms with Gasteiger partial charge in [-0.1, -0.05) is 83.9 Å². The maximum atomic E-state index is 13.7. The Morgan fingerprint density at radius 3 is 1.65 bits per heavy atom. The van der Waals surface area contributed by atoms with Crippen molar-refractivity contribution in [2.75, 3.05) is 4.90 Å². The van der Waals surface area contributed by atoms with E-state index in [1.807, 2.05) is 24.3 Å². The first-order valence-corrected chi connectivity index (χ1v) is 12.7. The number of rotatable bonds is 3. The van der Waals surface area contributed by atoms with E-state index in [-0.39, 0.29) is 35.5 Å². The summed E-state index contributed by atoms with van der Waals surface area (Å²) in [5.41, 5.74) is 7.77. The average molecular weight is 557 g/mol. The Hall–Kier alpha value is -2.99. The van der Waals surface area contributed by atoms with Gasteiger partial charge in [-0.2, -0.15) is 0 Å². The molecular formula is C30H24INO2. The van der Waals surface area contributed by atoms with Crippen molar-refractivity contribution in [2.24, 2.45) is 23.7 Å². The van der Waals surface area contributed by atoms with Gasteiger partial charge in [-0.3, -0.25) is 9.59 Å². The molecule has 0 spiro atoms. The van der Waals surface area contributed by atoms with Gasteiger partial charge < -0.3 is 0 Å². The number of imide groups is 1. The number of anilines is 1. The van der Waals surface area contributed by atoms with E-state index >= 15 is 0 Å². The summed E-state index contributed by atoms with van der Waals surface area (Å²) in [5, 5.41) is 0. The molecule has 0 aromatic heterocycles. The lowest BCUT2D eigenvalue weighted by Gasteiger charge is -2.22. The Kier molecular flexibility index (Phi) is 5.10. The second-order valence-corrected chi connectivity index (χ2v) is 10.7. The van der Waals surface area contributed by atoms with E-state index in [1.165, 1.54) is 21.6 Å². The molecule has 0 N–H and O–H groups in total. The third-order valence-corrected chi connectivity index (χ3v) is 8.39. The molecule has 0 radical (unpaired) electrons. The first-order chi connectivity index (χ1) is 16.5. The summed E-state index contributed by atoms with van der Waals surface area (Å²) >= 11 is 2.20. The normalized spacial score (nSPS) is 24.8. The van der Waals surface area contributed by atoms with Gasteiger partial charge in [0.15, 0.2) is 0 Å². The van der Waals surface area contributed by atoms with Gasteiger partial charge in [0.05, 0.1) is 17.5 Å². The highest BCUT2D eigenvalue weighted by Crippen LogP contribution is 2.59. The summed E-state index contributed by atoms with van der Waals surface area (Å²) in [5.74, 6) is -0.925. The van der Waals surface area contributed by atoms with E-state index in [0.29, 0.717) is 5.69 Å². The van der Waals surface area contributed by atoms with E-state index < -0.39 is 0 Å². The summed E-state index contributed by atoms with van der Waals surface area (Å²) < 4.78 is 0.915. The van der Waals surface area contributed by atoms with E-state index in [4.69, 9.17) is 0 Å². The number of amides is 2. The van der Waals surface area contributed by atoms with Gasteiger partial charge in [0, 0.05) is 15.4 Å². The molecule has 2 aliphatic carbocycles. The molecule has 3 nitrogen and oxygen atoms in total. The summed E-state index contributed by atoms with van der Waals surface area (Å²) in [6.45, 7) is 4.18. The number of allylic oxidation sites excluding steroid dienone is 3. The van der Waals surface area contributed by atoms with Gasteiger partial charge in [0.25, 0.3) is 0 Å². The number of carbonyl (C=O) groups excluding carboxylic acids is 2. The number of carbonyl (C=O) groups is 2. The van der Waals surface area contributed by atoms with Crippen molar-refractivity contribution < 1.29 is 9.59 Å². The standard InChI is InChI=1S/C30H24INO2/c1-17-7-11-19(12-8-17)25(20-13-9-18(2)10-14-20)26-21-15-16-22(26)28-27(21)29(33)32(30(28)34)24-6-4-3-5-23(24)31/h3-16,21-22,27-28H,1-2H3. The van der Waals surface area contributed by atoms with Crippen molar-refractivity contribution in [3.63, 3.8) is 0 Å². The lowest BCUT2D eigenvalue weighted by atomic mass is 9.85. The van der Waals surface area contributed by atoms with Gasteiger partial charge in [-0.15, -0.1) is 0 Å². The van der Waals surface area contributed by atoms with Gasteiger partial charge in [-0.05, 0) is 70.8 Å². The van der Waals surface area contributed by atoms with Crippen LogP contribution in [-0.4, -0.2) is 11.8 Å². The third-order valence-electron chi connectivity index (χ3n) is 7.48. The van der Waals surface area contributed by atoms with Gasteiger partial charge in [0.2, 0.25) is 11.8 Å². The van der Waals surface area contributed by atoms with Crippen LogP contribution in [0, 0.1) is 41.1 Å². The summed E-state index contributed by atoms with van der Waals surface area (Å²) in [4.78, 5) is 28.9. The van der Waals surface area contributed by atoms with E-state index in [1.54, 1.807) is 0 Å². The first-order valence-electron chi connectivity index (χ1n) is 11.6. The van der Waals surface area contributed by atoms with Crippen LogP contribution in [0.2, 0.25) is 0 Å². The predicted octanol–water partition coefficient (Wildman–Crippen LogP) is 6.33. The van der Waals surface area contributed by atoms with Crippen molar-refractivity contribution in [1.29, 1.82) is 0 Å². The molecule has 3 aromatic carbocycles. The minimum atomic E-state index is -0.334. The minimum absolute atomic E-state index is 0.0598. The quantitative estimate of drug-likeness (QED) is 0.215. The zero-order valence-corrected chi connectivity index (χ0v) is 21.2. The van der Waals surface area contributed by atoms with Crippen molar-refractivity contribution in [3.8, 4) is 0 Å². The van der Waals surface area contributed by atoms with Crippen LogP contribution in [-0.2, 0) is 9.59 Å². The fourth-order valence-electron chi connectivity index (χ4n) is 5.91. The van der Waals surface area contributed by atoms with Crippen molar-refractivity contribution >= 4 is 45.7 Å². The van der Waals surface area contributed by atoms with Crippen LogP contribution in [0.3, 0.4) is 0 Å². The predicted molar refractivity (Wildman–Crippen MR) is 143 cm³/mol. The Morgan fingerprint density at radius 1 is 0.706 bits per heavy atom. The van der Waals surface area contributed by atoms with Crippen LogP contribution in [0.5, 0.6) is 0 Å². The SMILES string of the molecule is Cc1ccc(C(=C2C3C=CC2C2C(=O)N(c4ccccc4I)C(=O)C32)c2ccc(C)cc2)cc1. The number of hydrogen-bond acceptors (Lipinski definition) is 2. The van der Waals surface area contributed by atoms with Crippen LogP contribution in [0.25, 0.3) is 5.57 Å². The number of fused-ring (bicyclic) bond motifs is 5. The van der Waals surface area contributed by atoms with Crippen LogP contribution in [0.15, 0.2) is 90.5 Å². The molecule has 2 fully saturated rings. The van der Waals surface area contributed by atoms with E-state index in [9.17, 15) is 9.59 Å². The van der Waals surface area contributed by atoms with Crippen molar-refractivity contribution in [1.82, 2.24) is 0 Å². The highest BCUT2D eigenvalue weighted by Gasteiger charge is 2.62. The molecule has 2 amide bonds. The smallest absolute Gasteiger partial charge is 0.238 e. The molecule has 1 heterocycles. The molecule has 3 aromatic rings. The third kappa shape index (κ3) is 3.15. The molecule has 2 bridgehead atoms. The summed E-state index contributed by atoms with van der Waals surface area (Å²) in [6.07, 6.45) is 4.32. The largest absolute Gasteiger partial charge is 0.274 e. The molecule has 3 aliphatic rings. The lowest BCUT2D eigenvalue weighted by Crippen LogP contribution is -2.33. The van der Waals surface area contributed by atoms with Gasteiger partial charge >= 0.3 is 0 Å². The maximum absolute atomic E-state index is 13.7. The molecule has 6 rings (SSSR count). The van der Waals surface area contributed by atoms with Crippen molar-refractivity contribution in [3.05, 3.63) is 116 Å². The zero-order valence-electron chi connectivity index (χ0n) is 19.0. The van der Waals surface area contributed by atoms with Crippen LogP contribution >= 0.6 is 22.6 Å². The second-order valence-electron chi connectivity index (χ2n) is 9.51. The second kappa shape index (κ2) is 8.05. The number of nitrogens with zero attached hydrogens (tertiary/aromatic N) is 1. The monoisotopic (exact) mass is 557 g/mol. The first kappa shape index (κ1) is 21.5. The highest BCUT2D eigenvalue weighted by atomic mass is 127. The number of halogens is 1. The molecular weight excluding hydrogens is 533 g/mol. The highest BCUT2D eigenvalue weighted by molar-refractivity contribution is 14.1. The topological polar surface area (TPSA) is 37.4 Å². The molecule has 4 heteroatoms. The summed E-state index contributed by atoms with van der Waals surface area (Å²) in [7, 11) is 0.